The molecule has 0 aromatic carbocycles. The van der Waals surface area contributed by atoms with Crippen molar-refractivity contribution < 1.29 is 34.8 Å². The summed E-state index contributed by atoms with van der Waals surface area (Å²) < 4.78 is 0. The maximum atomic E-state index is 10.3. The van der Waals surface area contributed by atoms with E-state index < -0.39 is 42.6 Å². The second-order valence-corrected chi connectivity index (χ2v) is 6.14. The summed E-state index contributed by atoms with van der Waals surface area (Å²) in [5, 5.41) is 32.7. The van der Waals surface area contributed by atoms with Gasteiger partial charge in [0.25, 0.3) is 0 Å². The highest BCUT2D eigenvalue weighted by Gasteiger charge is 2.14. The van der Waals surface area contributed by atoms with Gasteiger partial charge in [-0.05, 0) is 0 Å². The Hall–Kier alpha value is -1.05. The fourth-order valence-corrected chi connectivity index (χ4v) is 2.69. The van der Waals surface area contributed by atoms with E-state index in [4.69, 9.17) is 37.6 Å². The summed E-state index contributed by atoms with van der Waals surface area (Å²) in [4.78, 5) is 30.2. The van der Waals surface area contributed by atoms with Crippen LogP contribution in [0.25, 0.3) is 0 Å². The largest absolute Gasteiger partial charge is 0.480 e. The van der Waals surface area contributed by atoms with Crippen molar-refractivity contribution in [2.75, 3.05) is 18.1 Å². The van der Waals surface area contributed by atoms with Crippen molar-refractivity contribution in [3.8, 4) is 0 Å². The lowest BCUT2D eigenvalue weighted by atomic mass is 10.3. The fraction of sp³-hybridized carbons (Fsp3) is 0.667. The zero-order valence-electron chi connectivity index (χ0n) is 10.9. The molecule has 0 amide bonds. The number of aliphatic hydroxyl groups excluding tert-OH is 1. The van der Waals surface area contributed by atoms with Crippen LogP contribution >= 0.6 is 21.6 Å². The minimum atomic E-state index is -1.18. The summed E-state index contributed by atoms with van der Waals surface area (Å²) in [5.41, 5.74) is 15.2. The zero-order chi connectivity index (χ0) is 17.0. The van der Waals surface area contributed by atoms with Gasteiger partial charge in [0.2, 0.25) is 0 Å². The second-order valence-electron chi connectivity index (χ2n) is 3.59. The van der Waals surface area contributed by atoms with Crippen molar-refractivity contribution in [2.45, 2.75) is 18.1 Å². The number of carboxylic acids is 3. The van der Waals surface area contributed by atoms with Crippen LogP contribution in [0, 0.1) is 0 Å². The third-order valence-electron chi connectivity index (χ3n) is 1.73. The number of carbonyl (C=O) groups is 3. The maximum Gasteiger partial charge on any atom is 0.322 e. The second kappa shape index (κ2) is 12.7. The summed E-state index contributed by atoms with van der Waals surface area (Å²) in [5.74, 6) is -2.86. The first kappa shape index (κ1) is 22.2. The van der Waals surface area contributed by atoms with Crippen LogP contribution < -0.4 is 17.2 Å². The summed E-state index contributed by atoms with van der Waals surface area (Å²) in [6.45, 7) is -0.505. The monoisotopic (exact) mass is 345 g/mol. The Bertz CT molecular complexity index is 323. The van der Waals surface area contributed by atoms with Crippen LogP contribution in [0.2, 0.25) is 0 Å². The molecule has 0 saturated carbocycles. The normalized spacial score (nSPS) is 14.3. The molecule has 0 aliphatic heterocycles. The van der Waals surface area contributed by atoms with Crippen LogP contribution in [-0.4, -0.2) is 74.6 Å². The minimum Gasteiger partial charge on any atom is -0.480 e. The lowest BCUT2D eigenvalue weighted by Gasteiger charge is -2.07. The van der Waals surface area contributed by atoms with Gasteiger partial charge in [0.15, 0.2) is 0 Å². The quantitative estimate of drug-likeness (QED) is 0.172. The first-order chi connectivity index (χ1) is 9.63. The third kappa shape index (κ3) is 13.7. The van der Waals surface area contributed by atoms with Gasteiger partial charge in [0, 0.05) is 11.5 Å². The molecule has 0 heterocycles. The molecule has 10 nitrogen and oxygen atoms in total. The molecule has 21 heavy (non-hydrogen) atoms. The Morgan fingerprint density at radius 3 is 1.19 bits per heavy atom. The van der Waals surface area contributed by atoms with Gasteiger partial charge in [-0.1, -0.05) is 21.6 Å². The number of hydrogen-bond donors (Lipinski definition) is 7. The molecule has 0 aliphatic rings. The number of aliphatic hydroxyl groups is 1. The molecule has 10 N–H and O–H groups in total. The third-order valence-corrected chi connectivity index (χ3v) is 4.20. The lowest BCUT2D eigenvalue weighted by molar-refractivity contribution is -0.140. The average molecular weight is 345 g/mol. The molecule has 0 rings (SSSR count). The highest BCUT2D eigenvalue weighted by Crippen LogP contribution is 2.22. The zero-order valence-corrected chi connectivity index (χ0v) is 12.5. The standard InChI is InChI=1S/C6H12N2O4S2.C3H7NO3/c7-3(5(9)10)1-13-14-2-4(8)6(11)12;4-2(1-5)3(6)7/h3-4H,1-2,7-8H2,(H,9,10)(H,11,12);2,5H,1,4H2,(H,6,7)/t3-,4?;2-/m00/s1. The van der Waals surface area contributed by atoms with Gasteiger partial charge in [-0.3, -0.25) is 14.4 Å². The van der Waals surface area contributed by atoms with E-state index >= 15 is 0 Å². The molecular formula is C9H19N3O7S2. The van der Waals surface area contributed by atoms with Crippen LogP contribution in [0.1, 0.15) is 0 Å². The highest BCUT2D eigenvalue weighted by molar-refractivity contribution is 8.76. The van der Waals surface area contributed by atoms with Gasteiger partial charge in [-0.25, -0.2) is 0 Å². The van der Waals surface area contributed by atoms with Gasteiger partial charge in [-0.2, -0.15) is 0 Å². The van der Waals surface area contributed by atoms with Gasteiger partial charge < -0.3 is 37.6 Å². The van der Waals surface area contributed by atoms with Crippen LogP contribution in [-0.2, 0) is 14.4 Å². The fourth-order valence-electron chi connectivity index (χ4n) is 0.464. The van der Waals surface area contributed by atoms with Crippen molar-refractivity contribution in [3.05, 3.63) is 0 Å². The Balaban J connectivity index is 0. The van der Waals surface area contributed by atoms with Gasteiger partial charge in [-0.15, -0.1) is 0 Å². The lowest BCUT2D eigenvalue weighted by Crippen LogP contribution is -2.33. The van der Waals surface area contributed by atoms with E-state index in [2.05, 4.69) is 0 Å². The van der Waals surface area contributed by atoms with Gasteiger partial charge in [0.1, 0.15) is 18.1 Å². The molecule has 124 valence electrons. The van der Waals surface area contributed by atoms with E-state index in [0.29, 0.717) is 0 Å². The summed E-state index contributed by atoms with van der Waals surface area (Å²) in [6.07, 6.45) is 0. The number of aliphatic carboxylic acids is 3. The van der Waals surface area contributed by atoms with E-state index in [0.717, 1.165) is 0 Å². The van der Waals surface area contributed by atoms with Gasteiger partial charge in [0.05, 0.1) is 6.61 Å². The molecular weight excluding hydrogens is 326 g/mol. The van der Waals surface area contributed by atoms with Gasteiger partial charge >= 0.3 is 17.9 Å². The minimum absolute atomic E-state index is 0.229. The first-order valence-corrected chi connectivity index (χ1v) is 7.92. The van der Waals surface area contributed by atoms with Crippen molar-refractivity contribution >= 4 is 39.5 Å². The Labute approximate surface area is 128 Å². The molecule has 0 bridgehead atoms. The maximum absolute atomic E-state index is 10.3. The van der Waals surface area contributed by atoms with E-state index in [1.165, 1.54) is 21.6 Å². The van der Waals surface area contributed by atoms with E-state index in [1.54, 1.807) is 0 Å². The number of hydrogen-bond acceptors (Lipinski definition) is 9. The molecule has 12 heteroatoms. The molecule has 0 spiro atoms. The first-order valence-electron chi connectivity index (χ1n) is 5.43. The van der Waals surface area contributed by atoms with Crippen LogP contribution in [0.15, 0.2) is 0 Å². The molecule has 0 fully saturated rings. The van der Waals surface area contributed by atoms with Crippen molar-refractivity contribution in [3.63, 3.8) is 0 Å². The highest BCUT2D eigenvalue weighted by atomic mass is 33.1. The summed E-state index contributed by atoms with van der Waals surface area (Å²) >= 11 is 0. The Kier molecular flexibility index (Phi) is 13.4. The molecule has 3 atom stereocenters. The molecule has 0 aromatic heterocycles. The SMILES string of the molecule is NC(CSSC[C@H](N)C(=O)O)C(=O)O.N[C@@H](CO)C(=O)O. The van der Waals surface area contributed by atoms with Crippen molar-refractivity contribution in [1.82, 2.24) is 0 Å². The molecule has 0 aromatic rings. The Morgan fingerprint density at radius 1 is 0.762 bits per heavy atom. The topological polar surface area (TPSA) is 210 Å². The summed E-state index contributed by atoms with van der Waals surface area (Å²) in [6, 6.07) is -2.97. The van der Waals surface area contributed by atoms with E-state index in [-0.39, 0.29) is 11.5 Å². The van der Waals surface area contributed by atoms with Crippen LogP contribution in [0.5, 0.6) is 0 Å². The van der Waals surface area contributed by atoms with Crippen molar-refractivity contribution in [1.29, 1.82) is 0 Å². The summed E-state index contributed by atoms with van der Waals surface area (Å²) in [7, 11) is 2.41. The molecule has 1 unspecified atom stereocenters. The van der Waals surface area contributed by atoms with Crippen molar-refractivity contribution in [2.24, 2.45) is 17.2 Å². The molecule has 0 radical (unpaired) electrons. The number of carboxylic acid groups (broad SMARTS) is 3. The predicted molar refractivity (Wildman–Crippen MR) is 78.8 cm³/mol. The van der Waals surface area contributed by atoms with Crippen LogP contribution in [0.4, 0.5) is 0 Å². The van der Waals surface area contributed by atoms with Crippen LogP contribution in [0.3, 0.4) is 0 Å². The smallest absolute Gasteiger partial charge is 0.322 e. The molecule has 0 aliphatic carbocycles. The number of nitrogens with two attached hydrogens (primary N) is 3. The Morgan fingerprint density at radius 2 is 1.05 bits per heavy atom. The number of rotatable bonds is 9. The molecule has 0 saturated heterocycles. The van der Waals surface area contributed by atoms with E-state index in [1.807, 2.05) is 0 Å². The average Bonchev–Trinajstić information content (AvgIpc) is 2.42. The van der Waals surface area contributed by atoms with E-state index in [9.17, 15) is 14.4 Å². The predicted octanol–water partition coefficient (Wildman–Crippen LogP) is -2.42.